The highest BCUT2D eigenvalue weighted by molar-refractivity contribution is 7.12. The number of fused-ring (bicyclic) bond motifs is 2. The number of ether oxygens (including phenoxy) is 2. The van der Waals surface area contributed by atoms with Crippen molar-refractivity contribution in [2.24, 2.45) is 0 Å². The number of carbonyl (C=O) groups excluding carboxylic acids is 3. The predicted molar refractivity (Wildman–Crippen MR) is 146 cm³/mol. The van der Waals surface area contributed by atoms with Crippen molar-refractivity contribution in [2.45, 2.75) is 56.8 Å². The van der Waals surface area contributed by atoms with Gasteiger partial charge in [-0.25, -0.2) is 0 Å². The largest absolute Gasteiger partial charge is 0.490 e. The maximum absolute atomic E-state index is 13.4. The van der Waals surface area contributed by atoms with Crippen LogP contribution in [0.5, 0.6) is 5.75 Å². The molecule has 9 nitrogen and oxygen atoms in total. The minimum absolute atomic E-state index is 0.00382. The smallest absolute Gasteiger partial charge is 0.265 e. The van der Waals surface area contributed by atoms with E-state index in [1.54, 1.807) is 36.2 Å². The highest BCUT2D eigenvalue weighted by Crippen LogP contribution is 2.32. The summed E-state index contributed by atoms with van der Waals surface area (Å²) in [5.41, 5.74) is 0.945. The normalized spacial score (nSPS) is 23.9. The van der Waals surface area contributed by atoms with Gasteiger partial charge >= 0.3 is 0 Å². The number of rotatable bonds is 7. The van der Waals surface area contributed by atoms with Crippen LogP contribution in [0.25, 0.3) is 0 Å². The third-order valence-electron chi connectivity index (χ3n) is 7.63. The average molecular weight is 541 g/mol. The van der Waals surface area contributed by atoms with Gasteiger partial charge in [-0.15, -0.1) is 11.3 Å². The zero-order valence-corrected chi connectivity index (χ0v) is 22.6. The first kappa shape index (κ1) is 26.6. The number of carbonyl (C=O) groups is 3. The van der Waals surface area contributed by atoms with Crippen LogP contribution in [0.2, 0.25) is 0 Å². The minimum Gasteiger partial charge on any atom is -0.490 e. The number of hydrogen-bond acceptors (Lipinski definition) is 7. The van der Waals surface area contributed by atoms with E-state index in [0.717, 1.165) is 26.1 Å². The Bertz CT molecular complexity index is 1130. The Hall–Kier alpha value is -2.95. The fraction of sp³-hybridized carbons (Fsp3) is 0.536. The highest BCUT2D eigenvalue weighted by atomic mass is 32.1. The minimum atomic E-state index is -0.324. The van der Waals surface area contributed by atoms with Gasteiger partial charge in [0.2, 0.25) is 5.91 Å². The van der Waals surface area contributed by atoms with E-state index in [1.165, 1.54) is 30.6 Å². The van der Waals surface area contributed by atoms with Crippen LogP contribution in [0, 0.1) is 0 Å². The molecule has 10 heteroatoms. The molecule has 5 rings (SSSR count). The maximum atomic E-state index is 13.4. The second kappa shape index (κ2) is 12.3. The Labute approximate surface area is 227 Å². The molecule has 1 aromatic heterocycles. The van der Waals surface area contributed by atoms with Crippen LogP contribution in [0.3, 0.4) is 0 Å². The van der Waals surface area contributed by atoms with Gasteiger partial charge in [0, 0.05) is 25.8 Å². The van der Waals surface area contributed by atoms with Crippen molar-refractivity contribution in [1.82, 2.24) is 15.1 Å². The fourth-order valence-electron chi connectivity index (χ4n) is 5.52. The molecule has 0 saturated carbocycles. The summed E-state index contributed by atoms with van der Waals surface area (Å²) in [5.74, 6) is 0.0639. The molecule has 2 saturated heterocycles. The number of nitrogens with zero attached hydrogens (tertiary/aromatic N) is 2. The van der Waals surface area contributed by atoms with Gasteiger partial charge in [-0.2, -0.15) is 0 Å². The standard InChI is InChI=1S/C28H36N4O5S/c1-31-22-9-8-20(17-26(33)29-11-14-32-12-3-2-4-13-32)37-24(22)18-36-23-10-7-19(16-21(23)28(31)35)30-27(34)25-6-5-15-38-25/h5-7,10,15-16,20,22,24H,2-4,8-9,11-14,17-18H2,1H3,(H,29,33)(H,30,34)/t20-,22+,24+/m0/s1. The third kappa shape index (κ3) is 6.36. The number of likely N-dealkylation sites (N-methyl/N-ethyl adjacent to an activating group) is 1. The first-order chi connectivity index (χ1) is 18.5. The number of likely N-dealkylation sites (tertiary alicyclic amines) is 1. The fourth-order valence-corrected chi connectivity index (χ4v) is 6.14. The van der Waals surface area contributed by atoms with E-state index >= 15 is 0 Å². The van der Waals surface area contributed by atoms with E-state index in [-0.39, 0.29) is 42.6 Å². The molecule has 0 bridgehead atoms. The quantitative estimate of drug-likeness (QED) is 0.559. The van der Waals surface area contributed by atoms with Gasteiger partial charge in [-0.3, -0.25) is 14.4 Å². The lowest BCUT2D eigenvalue weighted by Crippen LogP contribution is -2.54. The number of piperidine rings is 1. The van der Waals surface area contributed by atoms with E-state index in [9.17, 15) is 14.4 Å². The van der Waals surface area contributed by atoms with Crippen molar-refractivity contribution in [1.29, 1.82) is 0 Å². The van der Waals surface area contributed by atoms with Gasteiger partial charge in [0.05, 0.1) is 29.0 Å². The summed E-state index contributed by atoms with van der Waals surface area (Å²) in [5, 5.41) is 7.75. The van der Waals surface area contributed by atoms with Crippen molar-refractivity contribution in [2.75, 3.05) is 45.2 Å². The molecule has 1 aromatic carbocycles. The van der Waals surface area contributed by atoms with E-state index in [4.69, 9.17) is 9.47 Å². The Kier molecular flexibility index (Phi) is 8.61. The molecule has 0 radical (unpaired) electrons. The first-order valence-electron chi connectivity index (χ1n) is 13.5. The van der Waals surface area contributed by atoms with Crippen LogP contribution in [-0.4, -0.2) is 85.6 Å². The van der Waals surface area contributed by atoms with E-state index < -0.39 is 0 Å². The predicted octanol–water partition coefficient (Wildman–Crippen LogP) is 3.37. The van der Waals surface area contributed by atoms with Crippen LogP contribution in [-0.2, 0) is 9.53 Å². The Balaban J connectivity index is 1.17. The molecule has 3 atom stereocenters. The number of nitrogens with one attached hydrogen (secondary N) is 2. The van der Waals surface area contributed by atoms with E-state index in [0.29, 0.717) is 41.3 Å². The summed E-state index contributed by atoms with van der Waals surface area (Å²) in [7, 11) is 1.78. The SMILES string of the molecule is CN1C(=O)c2cc(NC(=O)c3cccs3)ccc2OC[C@H]2O[C@H](CC(=O)NCCN3CCCCC3)CC[C@H]21. The molecular formula is C28H36N4O5S. The van der Waals surface area contributed by atoms with Gasteiger partial charge in [-0.05, 0) is 68.4 Å². The summed E-state index contributed by atoms with van der Waals surface area (Å²) >= 11 is 1.36. The summed E-state index contributed by atoms with van der Waals surface area (Å²) < 4.78 is 12.3. The summed E-state index contributed by atoms with van der Waals surface area (Å²) in [6.07, 6.45) is 4.99. The topological polar surface area (TPSA) is 100 Å². The molecule has 2 N–H and O–H groups in total. The molecule has 38 heavy (non-hydrogen) atoms. The summed E-state index contributed by atoms with van der Waals surface area (Å²) in [6.45, 7) is 4.06. The second-order valence-corrected chi connectivity index (χ2v) is 11.2. The Morgan fingerprint density at radius 3 is 2.76 bits per heavy atom. The maximum Gasteiger partial charge on any atom is 0.265 e. The molecule has 0 aliphatic carbocycles. The lowest BCUT2D eigenvalue weighted by molar-refractivity contribution is -0.134. The Morgan fingerprint density at radius 2 is 1.97 bits per heavy atom. The van der Waals surface area contributed by atoms with Crippen LogP contribution in [0.1, 0.15) is 58.6 Å². The third-order valence-corrected chi connectivity index (χ3v) is 8.50. The molecule has 3 aliphatic heterocycles. The molecular weight excluding hydrogens is 504 g/mol. The number of thiophene rings is 1. The monoisotopic (exact) mass is 540 g/mol. The summed E-state index contributed by atoms with van der Waals surface area (Å²) in [6, 6.07) is 8.53. The number of hydrogen-bond donors (Lipinski definition) is 2. The van der Waals surface area contributed by atoms with E-state index in [2.05, 4.69) is 15.5 Å². The summed E-state index contributed by atoms with van der Waals surface area (Å²) in [4.78, 5) is 43.2. The van der Waals surface area contributed by atoms with Crippen LogP contribution in [0.4, 0.5) is 5.69 Å². The number of amides is 3. The van der Waals surface area contributed by atoms with Crippen molar-refractivity contribution in [3.8, 4) is 5.75 Å². The van der Waals surface area contributed by atoms with Gasteiger partial charge in [0.1, 0.15) is 18.5 Å². The zero-order valence-electron chi connectivity index (χ0n) is 21.8. The van der Waals surface area contributed by atoms with Crippen molar-refractivity contribution < 1.29 is 23.9 Å². The second-order valence-electron chi connectivity index (χ2n) is 10.3. The molecule has 2 aromatic rings. The lowest BCUT2D eigenvalue weighted by Gasteiger charge is -2.42. The van der Waals surface area contributed by atoms with Gasteiger partial charge in [-0.1, -0.05) is 12.5 Å². The first-order valence-corrected chi connectivity index (χ1v) is 14.4. The molecule has 0 unspecified atom stereocenters. The zero-order chi connectivity index (χ0) is 26.5. The molecule has 3 aliphatic rings. The van der Waals surface area contributed by atoms with Crippen LogP contribution < -0.4 is 15.4 Å². The molecule has 0 spiro atoms. The van der Waals surface area contributed by atoms with Crippen LogP contribution in [0.15, 0.2) is 35.7 Å². The molecule has 3 amide bonds. The lowest BCUT2D eigenvalue weighted by atomic mass is 9.94. The van der Waals surface area contributed by atoms with Crippen molar-refractivity contribution >= 4 is 34.7 Å². The highest BCUT2D eigenvalue weighted by Gasteiger charge is 2.39. The van der Waals surface area contributed by atoms with E-state index in [1.807, 2.05) is 11.4 Å². The van der Waals surface area contributed by atoms with Crippen molar-refractivity contribution in [3.05, 3.63) is 46.2 Å². The van der Waals surface area contributed by atoms with Crippen molar-refractivity contribution in [3.63, 3.8) is 0 Å². The molecule has 4 heterocycles. The van der Waals surface area contributed by atoms with Crippen LogP contribution >= 0.6 is 11.3 Å². The van der Waals surface area contributed by atoms with Gasteiger partial charge in [0.25, 0.3) is 11.8 Å². The average Bonchev–Trinajstić information content (AvgIpc) is 3.47. The Morgan fingerprint density at radius 1 is 1.13 bits per heavy atom. The molecule has 204 valence electrons. The number of anilines is 1. The van der Waals surface area contributed by atoms with Gasteiger partial charge in [0.15, 0.2) is 0 Å². The molecule has 2 fully saturated rings. The number of benzene rings is 1. The van der Waals surface area contributed by atoms with Gasteiger partial charge < -0.3 is 29.9 Å².